The predicted molar refractivity (Wildman–Crippen MR) is 99.8 cm³/mol. The summed E-state index contributed by atoms with van der Waals surface area (Å²) in [7, 11) is -3.72. The molecule has 9 heteroatoms. The highest BCUT2D eigenvalue weighted by Gasteiger charge is 2.08. The highest BCUT2D eigenvalue weighted by molar-refractivity contribution is 7.89. The molecule has 0 atom stereocenters. The standard InChI is InChI=1S/C18H17FN4O3S/c19-14-2-1-3-15(12-14)23-11-10-22-17(18(23)24)21-9-8-13-4-6-16(7-5-13)27(20,25)26/h1-7,10-12H,8-9H2,(H,21,22)(H2,20,25,26). The average Bonchev–Trinajstić information content (AvgIpc) is 2.63. The number of aromatic nitrogens is 2. The van der Waals surface area contributed by atoms with Gasteiger partial charge in [-0.1, -0.05) is 18.2 Å². The van der Waals surface area contributed by atoms with Crippen LogP contribution in [0.25, 0.3) is 5.69 Å². The van der Waals surface area contributed by atoms with Crippen LogP contribution in [0, 0.1) is 5.82 Å². The van der Waals surface area contributed by atoms with E-state index in [-0.39, 0.29) is 10.7 Å². The Morgan fingerprint density at radius 3 is 2.56 bits per heavy atom. The van der Waals surface area contributed by atoms with E-state index in [1.54, 1.807) is 18.2 Å². The van der Waals surface area contributed by atoms with Gasteiger partial charge in [-0.15, -0.1) is 0 Å². The molecule has 1 aromatic heterocycles. The first-order valence-electron chi connectivity index (χ1n) is 8.04. The Labute approximate surface area is 155 Å². The number of sulfonamides is 1. The van der Waals surface area contributed by atoms with Crippen molar-refractivity contribution in [1.29, 1.82) is 0 Å². The summed E-state index contributed by atoms with van der Waals surface area (Å²) >= 11 is 0. The Kier molecular flexibility index (Phi) is 5.33. The molecule has 3 aromatic rings. The number of primary sulfonamides is 1. The molecule has 3 N–H and O–H groups in total. The lowest BCUT2D eigenvalue weighted by Gasteiger charge is -2.09. The van der Waals surface area contributed by atoms with E-state index in [9.17, 15) is 17.6 Å². The first-order valence-corrected chi connectivity index (χ1v) is 9.58. The van der Waals surface area contributed by atoms with Crippen LogP contribution in [0.5, 0.6) is 0 Å². The largest absolute Gasteiger partial charge is 0.365 e. The molecule has 0 saturated heterocycles. The summed E-state index contributed by atoms with van der Waals surface area (Å²) in [4.78, 5) is 16.6. The Hall–Kier alpha value is -3.04. The van der Waals surface area contributed by atoms with Crippen LogP contribution in [-0.2, 0) is 16.4 Å². The molecule has 3 rings (SSSR count). The number of hydrogen-bond acceptors (Lipinski definition) is 5. The highest BCUT2D eigenvalue weighted by Crippen LogP contribution is 2.10. The Morgan fingerprint density at radius 1 is 1.15 bits per heavy atom. The van der Waals surface area contributed by atoms with Gasteiger partial charge in [0.15, 0.2) is 5.82 Å². The number of nitrogens with one attached hydrogen (secondary N) is 1. The Balaban J connectivity index is 1.70. The zero-order chi connectivity index (χ0) is 19.4. The SMILES string of the molecule is NS(=O)(=O)c1ccc(CCNc2nccn(-c3cccc(F)c3)c2=O)cc1. The van der Waals surface area contributed by atoms with Crippen molar-refractivity contribution in [3.05, 3.63) is 82.7 Å². The lowest BCUT2D eigenvalue weighted by molar-refractivity contribution is 0.597. The molecule has 1 heterocycles. The number of anilines is 1. The maximum Gasteiger partial charge on any atom is 0.297 e. The van der Waals surface area contributed by atoms with Crippen molar-refractivity contribution in [2.24, 2.45) is 5.14 Å². The van der Waals surface area contributed by atoms with Gasteiger partial charge in [-0.05, 0) is 42.3 Å². The van der Waals surface area contributed by atoms with Gasteiger partial charge in [0.2, 0.25) is 10.0 Å². The van der Waals surface area contributed by atoms with Gasteiger partial charge in [-0.2, -0.15) is 0 Å². The fraction of sp³-hybridized carbons (Fsp3) is 0.111. The molecule has 0 radical (unpaired) electrons. The van der Waals surface area contributed by atoms with Crippen molar-refractivity contribution in [2.75, 3.05) is 11.9 Å². The second-order valence-corrected chi connectivity index (χ2v) is 7.36. The van der Waals surface area contributed by atoms with E-state index < -0.39 is 21.4 Å². The van der Waals surface area contributed by atoms with E-state index in [0.717, 1.165) is 5.56 Å². The van der Waals surface area contributed by atoms with Gasteiger partial charge in [0.1, 0.15) is 5.82 Å². The third kappa shape index (κ3) is 4.57. The molecule has 0 bridgehead atoms. The molecular weight excluding hydrogens is 371 g/mol. The van der Waals surface area contributed by atoms with Gasteiger partial charge in [0, 0.05) is 18.9 Å². The van der Waals surface area contributed by atoms with Crippen molar-refractivity contribution in [3.8, 4) is 5.69 Å². The van der Waals surface area contributed by atoms with E-state index in [1.807, 2.05) is 0 Å². The topological polar surface area (TPSA) is 107 Å². The summed E-state index contributed by atoms with van der Waals surface area (Å²) in [6, 6.07) is 11.9. The molecule has 0 aliphatic rings. The number of hydrogen-bond donors (Lipinski definition) is 2. The van der Waals surface area contributed by atoms with E-state index in [1.165, 1.54) is 47.3 Å². The smallest absolute Gasteiger partial charge is 0.297 e. The van der Waals surface area contributed by atoms with E-state index in [0.29, 0.717) is 18.7 Å². The van der Waals surface area contributed by atoms with Crippen molar-refractivity contribution in [1.82, 2.24) is 9.55 Å². The predicted octanol–water partition coefficient (Wildman–Crippen LogP) is 1.67. The van der Waals surface area contributed by atoms with Gasteiger partial charge < -0.3 is 5.32 Å². The molecule has 2 aromatic carbocycles. The minimum absolute atomic E-state index is 0.0434. The van der Waals surface area contributed by atoms with Gasteiger partial charge >= 0.3 is 0 Å². The molecule has 7 nitrogen and oxygen atoms in total. The van der Waals surface area contributed by atoms with Crippen molar-refractivity contribution in [2.45, 2.75) is 11.3 Å². The summed E-state index contributed by atoms with van der Waals surface area (Å²) in [6.45, 7) is 0.407. The van der Waals surface area contributed by atoms with Crippen LogP contribution in [0.3, 0.4) is 0 Å². The van der Waals surface area contributed by atoms with E-state index >= 15 is 0 Å². The van der Waals surface area contributed by atoms with Crippen LogP contribution in [0.15, 0.2) is 70.6 Å². The van der Waals surface area contributed by atoms with Gasteiger partial charge in [-0.3, -0.25) is 9.36 Å². The molecule has 0 fully saturated rings. The van der Waals surface area contributed by atoms with Gasteiger partial charge in [0.05, 0.1) is 10.6 Å². The Bertz CT molecular complexity index is 1110. The van der Waals surface area contributed by atoms with Crippen LogP contribution in [0.4, 0.5) is 10.2 Å². The molecule has 0 unspecified atom stereocenters. The van der Waals surface area contributed by atoms with Crippen LogP contribution in [0.2, 0.25) is 0 Å². The monoisotopic (exact) mass is 388 g/mol. The summed E-state index contributed by atoms with van der Waals surface area (Å²) in [5.41, 5.74) is 0.882. The van der Waals surface area contributed by atoms with E-state index in [2.05, 4.69) is 10.3 Å². The molecule has 0 aliphatic heterocycles. The minimum Gasteiger partial charge on any atom is -0.365 e. The lowest BCUT2D eigenvalue weighted by atomic mass is 10.1. The molecule has 27 heavy (non-hydrogen) atoms. The fourth-order valence-corrected chi connectivity index (χ4v) is 3.05. The molecule has 140 valence electrons. The Morgan fingerprint density at radius 2 is 1.89 bits per heavy atom. The second-order valence-electron chi connectivity index (χ2n) is 5.80. The summed E-state index contributed by atoms with van der Waals surface area (Å²) in [5, 5.41) is 8.01. The second kappa shape index (κ2) is 7.68. The number of halogens is 1. The maximum atomic E-state index is 13.4. The van der Waals surface area contributed by atoms with Gasteiger partial charge in [-0.25, -0.2) is 22.9 Å². The minimum atomic E-state index is -3.72. The third-order valence-corrected chi connectivity index (χ3v) is 4.81. The highest BCUT2D eigenvalue weighted by atomic mass is 32.2. The molecule has 0 aliphatic carbocycles. The maximum absolute atomic E-state index is 13.4. The molecule has 0 amide bonds. The summed E-state index contributed by atoms with van der Waals surface area (Å²) in [5.74, 6) is -0.295. The zero-order valence-electron chi connectivity index (χ0n) is 14.2. The first-order chi connectivity index (χ1) is 12.8. The summed E-state index contributed by atoms with van der Waals surface area (Å²) in [6.07, 6.45) is 3.46. The molecule has 0 spiro atoms. The van der Waals surface area contributed by atoms with Crippen LogP contribution >= 0.6 is 0 Å². The third-order valence-electron chi connectivity index (χ3n) is 3.89. The number of nitrogens with two attached hydrogens (primary N) is 1. The fourth-order valence-electron chi connectivity index (χ4n) is 2.53. The first kappa shape index (κ1) is 18.7. The number of nitrogens with zero attached hydrogens (tertiary/aromatic N) is 2. The van der Waals surface area contributed by atoms with Crippen molar-refractivity contribution < 1.29 is 12.8 Å². The van der Waals surface area contributed by atoms with Gasteiger partial charge in [0.25, 0.3) is 5.56 Å². The molecule has 0 saturated carbocycles. The van der Waals surface area contributed by atoms with Crippen molar-refractivity contribution in [3.63, 3.8) is 0 Å². The normalized spacial score (nSPS) is 11.3. The molecular formula is C18H17FN4O3S. The number of benzene rings is 2. The summed E-state index contributed by atoms with van der Waals surface area (Å²) < 4.78 is 37.2. The zero-order valence-corrected chi connectivity index (χ0v) is 15.0. The number of rotatable bonds is 6. The van der Waals surface area contributed by atoms with E-state index in [4.69, 9.17) is 5.14 Å². The quantitative estimate of drug-likeness (QED) is 0.668. The lowest BCUT2D eigenvalue weighted by Crippen LogP contribution is -2.24. The average molecular weight is 388 g/mol. The van der Waals surface area contributed by atoms with Crippen LogP contribution in [-0.4, -0.2) is 24.5 Å². The van der Waals surface area contributed by atoms with Crippen LogP contribution in [0.1, 0.15) is 5.56 Å². The van der Waals surface area contributed by atoms with Crippen LogP contribution < -0.4 is 16.0 Å². The van der Waals surface area contributed by atoms with Crippen molar-refractivity contribution >= 4 is 15.8 Å².